The van der Waals surface area contributed by atoms with E-state index in [1.54, 1.807) is 12.3 Å². The average molecular weight is 193 g/mol. The van der Waals surface area contributed by atoms with E-state index in [-0.39, 0.29) is 5.78 Å². The van der Waals surface area contributed by atoms with Crippen molar-refractivity contribution in [1.82, 2.24) is 10.3 Å². The molecule has 0 amide bonds. The lowest BCUT2D eigenvalue weighted by molar-refractivity contribution is -0.118. The van der Waals surface area contributed by atoms with Gasteiger partial charge in [-0.15, -0.1) is 0 Å². The maximum absolute atomic E-state index is 11.4. The second kappa shape index (κ2) is 5.34. The lowest BCUT2D eigenvalue weighted by Gasteiger charge is -2.01. The van der Waals surface area contributed by atoms with Crippen LogP contribution in [0.15, 0.2) is 18.3 Å². The van der Waals surface area contributed by atoms with Gasteiger partial charge < -0.3 is 11.1 Å². The van der Waals surface area contributed by atoms with Gasteiger partial charge in [0.25, 0.3) is 0 Å². The number of pyridine rings is 1. The van der Waals surface area contributed by atoms with Crippen molar-refractivity contribution in [2.24, 2.45) is 0 Å². The summed E-state index contributed by atoms with van der Waals surface area (Å²) in [6.45, 7) is 0.722. The molecule has 0 atom stereocenters. The zero-order valence-corrected chi connectivity index (χ0v) is 8.29. The Balaban J connectivity index is 2.47. The third kappa shape index (κ3) is 3.53. The predicted molar refractivity (Wildman–Crippen MR) is 55.9 cm³/mol. The first-order valence-corrected chi connectivity index (χ1v) is 4.59. The van der Waals surface area contributed by atoms with Crippen LogP contribution in [0.2, 0.25) is 0 Å². The van der Waals surface area contributed by atoms with E-state index < -0.39 is 0 Å². The van der Waals surface area contributed by atoms with Crippen molar-refractivity contribution < 1.29 is 4.79 Å². The standard InChI is InChI=1S/C10H15N3O/c1-12-4-3-9(14)6-8-2-5-13-10(11)7-8/h2,5,7,12H,3-4,6H2,1H3,(H2,11,13). The van der Waals surface area contributed by atoms with Crippen LogP contribution in [0.4, 0.5) is 5.82 Å². The minimum atomic E-state index is 0.213. The summed E-state index contributed by atoms with van der Waals surface area (Å²) in [5, 5.41) is 2.94. The maximum Gasteiger partial charge on any atom is 0.138 e. The van der Waals surface area contributed by atoms with Gasteiger partial charge in [-0.1, -0.05) is 0 Å². The molecule has 0 bridgehead atoms. The number of hydrogen-bond acceptors (Lipinski definition) is 4. The molecule has 1 heterocycles. The Morgan fingerprint density at radius 2 is 2.43 bits per heavy atom. The molecule has 0 aliphatic carbocycles. The van der Waals surface area contributed by atoms with Crippen molar-refractivity contribution in [3.05, 3.63) is 23.9 Å². The number of ketones is 1. The molecule has 1 aromatic rings. The van der Waals surface area contributed by atoms with Crippen molar-refractivity contribution in [2.45, 2.75) is 12.8 Å². The van der Waals surface area contributed by atoms with Gasteiger partial charge in [-0.3, -0.25) is 4.79 Å². The van der Waals surface area contributed by atoms with E-state index in [1.165, 1.54) is 0 Å². The van der Waals surface area contributed by atoms with Crippen molar-refractivity contribution in [3.8, 4) is 0 Å². The van der Waals surface area contributed by atoms with Gasteiger partial charge in [0.1, 0.15) is 11.6 Å². The average Bonchev–Trinajstić information content (AvgIpc) is 2.15. The highest BCUT2D eigenvalue weighted by Gasteiger charge is 2.03. The molecular weight excluding hydrogens is 178 g/mol. The zero-order chi connectivity index (χ0) is 10.4. The molecule has 0 saturated carbocycles. The fourth-order valence-electron chi connectivity index (χ4n) is 1.18. The summed E-state index contributed by atoms with van der Waals surface area (Å²) in [4.78, 5) is 15.2. The van der Waals surface area contributed by atoms with Gasteiger partial charge in [-0.2, -0.15) is 0 Å². The maximum atomic E-state index is 11.4. The van der Waals surface area contributed by atoms with Crippen molar-refractivity contribution in [2.75, 3.05) is 19.3 Å². The van der Waals surface area contributed by atoms with Gasteiger partial charge in [0.15, 0.2) is 0 Å². The Hall–Kier alpha value is -1.42. The van der Waals surface area contributed by atoms with Gasteiger partial charge in [0.05, 0.1) is 0 Å². The van der Waals surface area contributed by atoms with Crippen molar-refractivity contribution >= 4 is 11.6 Å². The Morgan fingerprint density at radius 3 is 3.07 bits per heavy atom. The molecule has 0 aliphatic heterocycles. The molecule has 76 valence electrons. The second-order valence-electron chi connectivity index (χ2n) is 3.16. The van der Waals surface area contributed by atoms with E-state index in [2.05, 4.69) is 10.3 Å². The molecule has 0 radical (unpaired) electrons. The van der Waals surface area contributed by atoms with E-state index in [0.29, 0.717) is 18.7 Å². The number of hydrogen-bond donors (Lipinski definition) is 2. The van der Waals surface area contributed by atoms with Crippen LogP contribution >= 0.6 is 0 Å². The summed E-state index contributed by atoms with van der Waals surface area (Å²) in [6, 6.07) is 3.55. The topological polar surface area (TPSA) is 68.0 Å². The summed E-state index contributed by atoms with van der Waals surface area (Å²) in [5.74, 6) is 0.675. The Bertz CT molecular complexity index is 312. The number of aromatic nitrogens is 1. The number of rotatable bonds is 5. The Labute approximate surface area is 83.5 Å². The van der Waals surface area contributed by atoms with Crippen LogP contribution in [0, 0.1) is 0 Å². The number of nitrogens with two attached hydrogens (primary N) is 1. The summed E-state index contributed by atoms with van der Waals surface area (Å²) >= 11 is 0. The Kier molecular flexibility index (Phi) is 4.07. The number of nitrogen functional groups attached to an aromatic ring is 1. The van der Waals surface area contributed by atoms with Crippen LogP contribution in [0.1, 0.15) is 12.0 Å². The van der Waals surface area contributed by atoms with Crippen molar-refractivity contribution in [3.63, 3.8) is 0 Å². The molecule has 1 rings (SSSR count). The fourth-order valence-corrected chi connectivity index (χ4v) is 1.18. The zero-order valence-electron chi connectivity index (χ0n) is 8.29. The minimum absolute atomic E-state index is 0.213. The lowest BCUT2D eigenvalue weighted by Crippen LogP contribution is -2.14. The number of nitrogens with one attached hydrogen (secondary N) is 1. The smallest absolute Gasteiger partial charge is 0.138 e. The van der Waals surface area contributed by atoms with E-state index in [0.717, 1.165) is 12.1 Å². The third-order valence-corrected chi connectivity index (χ3v) is 1.90. The largest absolute Gasteiger partial charge is 0.384 e. The first-order valence-electron chi connectivity index (χ1n) is 4.59. The number of anilines is 1. The highest BCUT2D eigenvalue weighted by molar-refractivity contribution is 5.81. The molecule has 4 nitrogen and oxygen atoms in total. The normalized spacial score (nSPS) is 10.1. The van der Waals surface area contributed by atoms with Crippen LogP contribution in [0.25, 0.3) is 0 Å². The SMILES string of the molecule is CNCCC(=O)Cc1ccnc(N)c1. The van der Waals surface area contributed by atoms with Crippen LogP contribution in [0.3, 0.4) is 0 Å². The van der Waals surface area contributed by atoms with Gasteiger partial charge >= 0.3 is 0 Å². The van der Waals surface area contributed by atoms with E-state index in [9.17, 15) is 4.79 Å². The highest BCUT2D eigenvalue weighted by Crippen LogP contribution is 2.04. The molecular formula is C10H15N3O. The first kappa shape index (κ1) is 10.7. The van der Waals surface area contributed by atoms with Crippen LogP contribution in [-0.2, 0) is 11.2 Å². The molecule has 0 aliphatic rings. The highest BCUT2D eigenvalue weighted by atomic mass is 16.1. The van der Waals surface area contributed by atoms with Gasteiger partial charge in [-0.05, 0) is 24.7 Å². The van der Waals surface area contributed by atoms with E-state index in [1.807, 2.05) is 13.1 Å². The summed E-state index contributed by atoms with van der Waals surface area (Å²) in [6.07, 6.45) is 2.61. The molecule has 0 aromatic carbocycles. The lowest BCUT2D eigenvalue weighted by atomic mass is 10.1. The number of carbonyl (C=O) groups excluding carboxylic acids is 1. The predicted octanol–water partition coefficient (Wildman–Crippen LogP) is 0.385. The second-order valence-corrected chi connectivity index (χ2v) is 3.16. The molecule has 0 saturated heterocycles. The number of carbonyl (C=O) groups is 1. The van der Waals surface area contributed by atoms with Gasteiger partial charge in [-0.25, -0.2) is 4.98 Å². The molecule has 4 heteroatoms. The van der Waals surface area contributed by atoms with Gasteiger partial charge in [0, 0.05) is 25.6 Å². The molecule has 0 unspecified atom stereocenters. The minimum Gasteiger partial charge on any atom is -0.384 e. The summed E-state index contributed by atoms with van der Waals surface area (Å²) in [5.41, 5.74) is 6.43. The number of nitrogens with zero attached hydrogens (tertiary/aromatic N) is 1. The van der Waals surface area contributed by atoms with E-state index >= 15 is 0 Å². The Morgan fingerprint density at radius 1 is 1.64 bits per heavy atom. The molecule has 14 heavy (non-hydrogen) atoms. The quantitative estimate of drug-likeness (QED) is 0.709. The molecule has 3 N–H and O–H groups in total. The third-order valence-electron chi connectivity index (χ3n) is 1.90. The van der Waals surface area contributed by atoms with Crippen LogP contribution in [0.5, 0.6) is 0 Å². The van der Waals surface area contributed by atoms with Gasteiger partial charge in [0.2, 0.25) is 0 Å². The monoisotopic (exact) mass is 193 g/mol. The molecule has 0 spiro atoms. The summed E-state index contributed by atoms with van der Waals surface area (Å²) in [7, 11) is 1.83. The molecule has 0 fully saturated rings. The van der Waals surface area contributed by atoms with E-state index in [4.69, 9.17) is 5.73 Å². The van der Waals surface area contributed by atoms with Crippen LogP contribution < -0.4 is 11.1 Å². The van der Waals surface area contributed by atoms with Crippen molar-refractivity contribution in [1.29, 1.82) is 0 Å². The summed E-state index contributed by atoms with van der Waals surface area (Å²) < 4.78 is 0. The fraction of sp³-hybridized carbons (Fsp3) is 0.400. The first-order chi connectivity index (χ1) is 6.72. The molecule has 1 aromatic heterocycles. The number of Topliss-reactive ketones (excluding diaryl/α,β-unsaturated/α-hetero) is 1. The van der Waals surface area contributed by atoms with Crippen LogP contribution in [-0.4, -0.2) is 24.4 Å².